The minimum Gasteiger partial charge on any atom is -0.296 e. The van der Waals surface area contributed by atoms with Crippen molar-refractivity contribution in [1.82, 2.24) is 19.5 Å². The van der Waals surface area contributed by atoms with Gasteiger partial charge in [0.05, 0.1) is 34.0 Å². The second-order valence-electron chi connectivity index (χ2n) is 6.42. The van der Waals surface area contributed by atoms with Crippen molar-refractivity contribution in [2.24, 2.45) is 0 Å². The standard InChI is InChI=1S/C22H15FN4/c1-14-25-20-11-8-16(23)12-22(20)27(14)17-9-6-15(7-10-17)21-13-24-18-4-2-3-5-19(18)26-21/h2-13H,1H3. The van der Waals surface area contributed by atoms with Crippen molar-refractivity contribution >= 4 is 22.1 Å². The molecule has 0 atom stereocenters. The number of hydrogen-bond donors (Lipinski definition) is 0. The molecular weight excluding hydrogens is 339 g/mol. The Morgan fingerprint density at radius 1 is 0.815 bits per heavy atom. The first-order valence-electron chi connectivity index (χ1n) is 8.66. The number of halogens is 1. The molecule has 0 aliphatic rings. The van der Waals surface area contributed by atoms with Crippen LogP contribution >= 0.6 is 0 Å². The molecule has 0 saturated heterocycles. The Hall–Kier alpha value is -3.60. The number of nitrogens with zero attached hydrogens (tertiary/aromatic N) is 4. The number of imidazole rings is 1. The Kier molecular flexibility index (Phi) is 3.47. The molecule has 2 aromatic heterocycles. The number of aryl methyl sites for hydroxylation is 1. The normalized spacial score (nSPS) is 11.3. The van der Waals surface area contributed by atoms with Gasteiger partial charge in [0, 0.05) is 17.3 Å². The summed E-state index contributed by atoms with van der Waals surface area (Å²) in [5.74, 6) is 0.542. The molecule has 5 aromatic rings. The molecule has 0 saturated carbocycles. The molecule has 27 heavy (non-hydrogen) atoms. The first-order chi connectivity index (χ1) is 13.2. The van der Waals surface area contributed by atoms with Gasteiger partial charge in [0.15, 0.2) is 0 Å². The van der Waals surface area contributed by atoms with Gasteiger partial charge < -0.3 is 0 Å². The molecule has 130 valence electrons. The van der Waals surface area contributed by atoms with Gasteiger partial charge in [-0.2, -0.15) is 0 Å². The Labute approximate surface area is 155 Å². The van der Waals surface area contributed by atoms with Gasteiger partial charge in [0.1, 0.15) is 11.6 Å². The van der Waals surface area contributed by atoms with E-state index >= 15 is 0 Å². The Morgan fingerprint density at radius 2 is 1.59 bits per heavy atom. The van der Waals surface area contributed by atoms with Gasteiger partial charge in [0.2, 0.25) is 0 Å². The van der Waals surface area contributed by atoms with Gasteiger partial charge in [-0.25, -0.2) is 14.4 Å². The van der Waals surface area contributed by atoms with Crippen LogP contribution in [0.3, 0.4) is 0 Å². The fourth-order valence-corrected chi connectivity index (χ4v) is 3.37. The van der Waals surface area contributed by atoms with Gasteiger partial charge in [0.25, 0.3) is 0 Å². The lowest BCUT2D eigenvalue weighted by Crippen LogP contribution is -1.97. The van der Waals surface area contributed by atoms with Crippen molar-refractivity contribution in [3.8, 4) is 16.9 Å². The number of benzene rings is 3. The Balaban J connectivity index is 1.59. The summed E-state index contributed by atoms with van der Waals surface area (Å²) in [6, 6.07) is 20.4. The molecule has 5 rings (SSSR count). The molecule has 0 N–H and O–H groups in total. The SMILES string of the molecule is Cc1nc2ccc(F)cc2n1-c1ccc(-c2cnc3ccccc3n2)cc1. The summed E-state index contributed by atoms with van der Waals surface area (Å²) in [7, 11) is 0. The smallest absolute Gasteiger partial charge is 0.125 e. The van der Waals surface area contributed by atoms with E-state index in [1.807, 2.05) is 60.0 Å². The van der Waals surface area contributed by atoms with Crippen LogP contribution in [0.4, 0.5) is 4.39 Å². The van der Waals surface area contributed by atoms with Crippen LogP contribution < -0.4 is 0 Å². The predicted octanol–water partition coefficient (Wildman–Crippen LogP) is 5.08. The van der Waals surface area contributed by atoms with E-state index in [9.17, 15) is 4.39 Å². The van der Waals surface area contributed by atoms with Crippen LogP contribution in [0.5, 0.6) is 0 Å². The van der Waals surface area contributed by atoms with E-state index in [2.05, 4.69) is 15.0 Å². The Morgan fingerprint density at radius 3 is 2.41 bits per heavy atom. The summed E-state index contributed by atoms with van der Waals surface area (Å²) in [4.78, 5) is 13.7. The van der Waals surface area contributed by atoms with Gasteiger partial charge in [-0.1, -0.05) is 24.3 Å². The third-order valence-electron chi connectivity index (χ3n) is 4.65. The fourth-order valence-electron chi connectivity index (χ4n) is 3.37. The molecule has 0 bridgehead atoms. The highest BCUT2D eigenvalue weighted by Gasteiger charge is 2.11. The zero-order valence-corrected chi connectivity index (χ0v) is 14.6. The average molecular weight is 354 g/mol. The maximum Gasteiger partial charge on any atom is 0.125 e. The molecule has 0 amide bonds. The fraction of sp³-hybridized carbons (Fsp3) is 0.0455. The van der Waals surface area contributed by atoms with Crippen molar-refractivity contribution in [3.05, 3.63) is 84.6 Å². The molecule has 0 fully saturated rings. The van der Waals surface area contributed by atoms with Crippen molar-refractivity contribution < 1.29 is 4.39 Å². The zero-order valence-electron chi connectivity index (χ0n) is 14.6. The van der Waals surface area contributed by atoms with Crippen LogP contribution in [0.25, 0.3) is 39.0 Å². The summed E-state index contributed by atoms with van der Waals surface area (Å²) in [5, 5.41) is 0. The van der Waals surface area contributed by atoms with E-state index in [-0.39, 0.29) is 5.82 Å². The lowest BCUT2D eigenvalue weighted by atomic mass is 10.1. The molecule has 0 spiro atoms. The van der Waals surface area contributed by atoms with Crippen LogP contribution in [0.2, 0.25) is 0 Å². The molecular formula is C22H15FN4. The highest BCUT2D eigenvalue weighted by atomic mass is 19.1. The van der Waals surface area contributed by atoms with Crippen LogP contribution in [-0.2, 0) is 0 Å². The number of fused-ring (bicyclic) bond motifs is 2. The van der Waals surface area contributed by atoms with Gasteiger partial charge in [-0.15, -0.1) is 0 Å². The third-order valence-corrected chi connectivity index (χ3v) is 4.65. The van der Waals surface area contributed by atoms with E-state index < -0.39 is 0 Å². The molecule has 5 heteroatoms. The summed E-state index contributed by atoms with van der Waals surface area (Å²) >= 11 is 0. The van der Waals surface area contributed by atoms with E-state index in [4.69, 9.17) is 0 Å². The van der Waals surface area contributed by atoms with E-state index in [1.54, 1.807) is 12.3 Å². The van der Waals surface area contributed by atoms with Crippen LogP contribution in [0.15, 0.2) is 72.9 Å². The summed E-state index contributed by atoms with van der Waals surface area (Å²) in [5.41, 5.74) is 6.00. The number of para-hydroxylation sites is 2. The van der Waals surface area contributed by atoms with Crippen LogP contribution in [0, 0.1) is 12.7 Å². The van der Waals surface area contributed by atoms with Crippen molar-refractivity contribution in [3.63, 3.8) is 0 Å². The monoisotopic (exact) mass is 354 g/mol. The topological polar surface area (TPSA) is 43.6 Å². The van der Waals surface area contributed by atoms with E-state index in [0.29, 0.717) is 0 Å². The van der Waals surface area contributed by atoms with Gasteiger partial charge in [-0.3, -0.25) is 9.55 Å². The first-order valence-corrected chi connectivity index (χ1v) is 8.66. The Bertz CT molecular complexity index is 1290. The van der Waals surface area contributed by atoms with Gasteiger partial charge in [-0.05, 0) is 43.3 Å². The largest absolute Gasteiger partial charge is 0.296 e. The molecule has 4 nitrogen and oxygen atoms in total. The first kappa shape index (κ1) is 15.6. The highest BCUT2D eigenvalue weighted by molar-refractivity contribution is 5.79. The summed E-state index contributed by atoms with van der Waals surface area (Å²) < 4.78 is 15.7. The minimum absolute atomic E-state index is 0.272. The summed E-state index contributed by atoms with van der Waals surface area (Å²) in [6.07, 6.45) is 1.78. The lowest BCUT2D eigenvalue weighted by molar-refractivity contribution is 0.629. The lowest BCUT2D eigenvalue weighted by Gasteiger charge is -2.09. The number of rotatable bonds is 2. The second kappa shape index (κ2) is 5.99. The van der Waals surface area contributed by atoms with Crippen LogP contribution in [0.1, 0.15) is 5.82 Å². The van der Waals surface area contributed by atoms with Gasteiger partial charge >= 0.3 is 0 Å². The molecule has 3 aromatic carbocycles. The third kappa shape index (κ3) is 2.64. The van der Waals surface area contributed by atoms with E-state index in [1.165, 1.54) is 12.1 Å². The van der Waals surface area contributed by atoms with E-state index in [0.717, 1.165) is 44.8 Å². The van der Waals surface area contributed by atoms with Crippen LogP contribution in [-0.4, -0.2) is 19.5 Å². The molecule has 0 aliphatic heterocycles. The zero-order chi connectivity index (χ0) is 18.4. The average Bonchev–Trinajstić information content (AvgIpc) is 3.02. The molecule has 0 unspecified atom stereocenters. The van der Waals surface area contributed by atoms with Crippen molar-refractivity contribution in [2.75, 3.05) is 0 Å². The minimum atomic E-state index is -0.272. The predicted molar refractivity (Wildman–Crippen MR) is 104 cm³/mol. The maximum atomic E-state index is 13.7. The molecule has 0 radical (unpaired) electrons. The van der Waals surface area contributed by atoms with Crippen molar-refractivity contribution in [2.45, 2.75) is 6.92 Å². The molecule has 2 heterocycles. The highest BCUT2D eigenvalue weighted by Crippen LogP contribution is 2.25. The number of hydrogen-bond acceptors (Lipinski definition) is 3. The van der Waals surface area contributed by atoms with Crippen molar-refractivity contribution in [1.29, 1.82) is 0 Å². The number of aromatic nitrogens is 4. The quantitative estimate of drug-likeness (QED) is 0.444. The maximum absolute atomic E-state index is 13.7. The summed E-state index contributed by atoms with van der Waals surface area (Å²) in [6.45, 7) is 1.92. The molecule has 0 aliphatic carbocycles. The second-order valence-corrected chi connectivity index (χ2v) is 6.42.